The van der Waals surface area contributed by atoms with E-state index in [1.165, 1.54) is 13.2 Å². The molecule has 0 unspecified atom stereocenters. The maximum atomic E-state index is 12.1. The highest BCUT2D eigenvalue weighted by Crippen LogP contribution is 2.41. The first kappa shape index (κ1) is 15.1. The van der Waals surface area contributed by atoms with Gasteiger partial charge in [-0.2, -0.15) is 0 Å². The Balaban J connectivity index is 2.15. The van der Waals surface area contributed by atoms with Crippen LogP contribution in [0.3, 0.4) is 0 Å². The zero-order valence-corrected chi connectivity index (χ0v) is 13.0. The number of hydrogen-bond donors (Lipinski definition) is 1. The number of hydrogen-bond acceptors (Lipinski definition) is 4. The third-order valence-electron chi connectivity index (χ3n) is 3.98. The van der Waals surface area contributed by atoms with Crippen molar-refractivity contribution >= 4 is 11.9 Å². The molecule has 1 atom stereocenters. The minimum Gasteiger partial charge on any atom is -0.491 e. The summed E-state index contributed by atoms with van der Waals surface area (Å²) in [5.41, 5.74) is 2.61. The Hall–Kier alpha value is -2.82. The Bertz CT molecular complexity index is 755. The molecular weight excluding hydrogens is 294 g/mol. The van der Waals surface area contributed by atoms with Crippen LogP contribution in [0.2, 0.25) is 0 Å². The number of esters is 1. The van der Waals surface area contributed by atoms with E-state index in [1.54, 1.807) is 13.1 Å². The molecule has 23 heavy (non-hydrogen) atoms. The third-order valence-corrected chi connectivity index (χ3v) is 3.98. The van der Waals surface area contributed by atoms with Crippen molar-refractivity contribution in [1.82, 2.24) is 5.32 Å². The van der Waals surface area contributed by atoms with Crippen molar-refractivity contribution in [1.29, 1.82) is 0 Å². The molecule has 0 spiro atoms. The number of ether oxygens (including phenoxy) is 2. The van der Waals surface area contributed by atoms with Gasteiger partial charge >= 0.3 is 5.97 Å². The van der Waals surface area contributed by atoms with Gasteiger partial charge in [-0.05, 0) is 17.7 Å². The number of benzene rings is 2. The molecule has 1 aliphatic heterocycles. The Morgan fingerprint density at radius 1 is 1.22 bits per heavy atom. The molecular formula is C18H17NO4. The second-order valence-corrected chi connectivity index (χ2v) is 5.29. The highest BCUT2D eigenvalue weighted by atomic mass is 16.5. The number of rotatable bonds is 3. The number of carbonyl (C=O) groups is 2. The third kappa shape index (κ3) is 2.65. The Kier molecular flexibility index (Phi) is 4.02. The predicted octanol–water partition coefficient (Wildman–Crippen LogP) is 2.36. The molecule has 1 aliphatic rings. The summed E-state index contributed by atoms with van der Waals surface area (Å²) in [5.74, 6) is -0.248. The Morgan fingerprint density at radius 3 is 2.61 bits per heavy atom. The van der Waals surface area contributed by atoms with E-state index in [1.807, 2.05) is 30.3 Å². The van der Waals surface area contributed by atoms with E-state index in [9.17, 15) is 9.59 Å². The fourth-order valence-corrected chi connectivity index (χ4v) is 2.83. The predicted molar refractivity (Wildman–Crippen MR) is 85.0 cm³/mol. The smallest absolute Gasteiger partial charge is 0.337 e. The van der Waals surface area contributed by atoms with Gasteiger partial charge in [0.05, 0.1) is 24.8 Å². The molecule has 5 nitrogen and oxygen atoms in total. The highest BCUT2D eigenvalue weighted by molar-refractivity contribution is 6.01. The number of carbonyl (C=O) groups excluding carboxylic acids is 2. The molecule has 0 aliphatic carbocycles. The summed E-state index contributed by atoms with van der Waals surface area (Å²) in [6, 6.07) is 13.1. The molecule has 0 saturated heterocycles. The van der Waals surface area contributed by atoms with Gasteiger partial charge in [0.2, 0.25) is 0 Å². The average molecular weight is 311 g/mol. The fraction of sp³-hybridized carbons (Fsp3) is 0.222. The molecule has 5 heteroatoms. The zero-order chi connectivity index (χ0) is 16.4. The highest BCUT2D eigenvalue weighted by Gasteiger charge is 2.31. The van der Waals surface area contributed by atoms with Gasteiger partial charge in [0, 0.05) is 18.5 Å². The van der Waals surface area contributed by atoms with Crippen LogP contribution in [0.4, 0.5) is 0 Å². The lowest BCUT2D eigenvalue weighted by Crippen LogP contribution is -2.19. The van der Waals surface area contributed by atoms with Gasteiger partial charge in [-0.1, -0.05) is 30.3 Å². The number of methoxy groups -OCH3 is 1. The Morgan fingerprint density at radius 2 is 1.96 bits per heavy atom. The number of fused-ring (bicyclic) bond motifs is 1. The van der Waals surface area contributed by atoms with E-state index in [-0.39, 0.29) is 11.8 Å². The monoisotopic (exact) mass is 311 g/mol. The summed E-state index contributed by atoms with van der Waals surface area (Å²) in [4.78, 5) is 24.1. The van der Waals surface area contributed by atoms with Gasteiger partial charge in [0.15, 0.2) is 0 Å². The standard InChI is InChI=1S/C18H17NO4/c1-19-17(20)14-9-12(18(21)22-2)8-13-15(10-23-16(13)14)11-6-4-3-5-7-11/h3-9,15H,10H2,1-2H3,(H,19,20)/t15-/m1/s1. The Labute approximate surface area is 134 Å². The molecule has 0 aromatic heterocycles. The number of nitrogens with one attached hydrogen (secondary N) is 1. The molecule has 1 amide bonds. The van der Waals surface area contributed by atoms with Crippen molar-refractivity contribution in [2.24, 2.45) is 0 Å². The SMILES string of the molecule is CNC(=O)c1cc(C(=O)OC)cc2c1OC[C@@H]2c1ccccc1. The van der Waals surface area contributed by atoms with Crippen LogP contribution in [0.5, 0.6) is 5.75 Å². The lowest BCUT2D eigenvalue weighted by molar-refractivity contribution is 0.0600. The van der Waals surface area contributed by atoms with Crippen LogP contribution in [-0.2, 0) is 4.74 Å². The van der Waals surface area contributed by atoms with Crippen molar-refractivity contribution in [2.45, 2.75) is 5.92 Å². The molecule has 0 radical (unpaired) electrons. The van der Waals surface area contributed by atoms with Gasteiger partial charge in [-0.15, -0.1) is 0 Å². The second kappa shape index (κ2) is 6.12. The van der Waals surface area contributed by atoms with Crippen LogP contribution in [0.1, 0.15) is 37.8 Å². The minimum absolute atomic E-state index is 0.0146. The topological polar surface area (TPSA) is 64.6 Å². The molecule has 3 rings (SSSR count). The van der Waals surface area contributed by atoms with Crippen LogP contribution in [-0.4, -0.2) is 32.6 Å². The molecule has 2 aromatic rings. The van der Waals surface area contributed by atoms with Crippen LogP contribution < -0.4 is 10.1 Å². The molecule has 0 fully saturated rings. The molecule has 1 heterocycles. The van der Waals surface area contributed by atoms with Crippen molar-refractivity contribution < 1.29 is 19.1 Å². The van der Waals surface area contributed by atoms with Crippen LogP contribution >= 0.6 is 0 Å². The zero-order valence-electron chi connectivity index (χ0n) is 13.0. The van der Waals surface area contributed by atoms with Crippen molar-refractivity contribution in [3.05, 3.63) is 64.7 Å². The molecule has 118 valence electrons. The first-order chi connectivity index (χ1) is 11.2. The maximum Gasteiger partial charge on any atom is 0.337 e. The van der Waals surface area contributed by atoms with Gasteiger partial charge in [0.25, 0.3) is 5.91 Å². The van der Waals surface area contributed by atoms with Gasteiger partial charge < -0.3 is 14.8 Å². The first-order valence-electron chi connectivity index (χ1n) is 7.31. The molecule has 0 bridgehead atoms. The summed E-state index contributed by atoms with van der Waals surface area (Å²) in [6.07, 6.45) is 0. The van der Waals surface area contributed by atoms with Gasteiger partial charge in [-0.25, -0.2) is 4.79 Å². The van der Waals surface area contributed by atoms with Crippen LogP contribution in [0, 0.1) is 0 Å². The van der Waals surface area contributed by atoms with Crippen LogP contribution in [0.25, 0.3) is 0 Å². The molecule has 0 saturated carbocycles. The van der Waals surface area contributed by atoms with Gasteiger partial charge in [0.1, 0.15) is 5.75 Å². The molecule has 2 aromatic carbocycles. The quantitative estimate of drug-likeness (QED) is 0.884. The normalized spacial score (nSPS) is 15.5. The largest absolute Gasteiger partial charge is 0.491 e. The summed E-state index contributed by atoms with van der Waals surface area (Å²) in [7, 11) is 2.86. The second-order valence-electron chi connectivity index (χ2n) is 5.29. The summed E-state index contributed by atoms with van der Waals surface area (Å²) in [5, 5.41) is 2.58. The summed E-state index contributed by atoms with van der Waals surface area (Å²) < 4.78 is 10.6. The maximum absolute atomic E-state index is 12.1. The molecule has 1 N–H and O–H groups in total. The van der Waals surface area contributed by atoms with Crippen molar-refractivity contribution in [3.8, 4) is 5.75 Å². The average Bonchev–Trinajstić information content (AvgIpc) is 3.04. The summed E-state index contributed by atoms with van der Waals surface area (Å²) in [6.45, 7) is 0.438. The van der Waals surface area contributed by atoms with Crippen molar-refractivity contribution in [2.75, 3.05) is 20.8 Å². The number of amides is 1. The minimum atomic E-state index is -0.475. The van der Waals surface area contributed by atoms with Gasteiger partial charge in [-0.3, -0.25) is 4.79 Å². The van der Waals surface area contributed by atoms with Crippen molar-refractivity contribution in [3.63, 3.8) is 0 Å². The summed E-state index contributed by atoms with van der Waals surface area (Å²) >= 11 is 0. The lowest BCUT2D eigenvalue weighted by atomic mass is 9.90. The van der Waals surface area contributed by atoms with E-state index < -0.39 is 5.97 Å². The first-order valence-corrected chi connectivity index (χ1v) is 7.31. The van der Waals surface area contributed by atoms with E-state index in [0.717, 1.165) is 11.1 Å². The lowest BCUT2D eigenvalue weighted by Gasteiger charge is -2.12. The fourth-order valence-electron chi connectivity index (χ4n) is 2.83. The van der Waals surface area contributed by atoms with Crippen LogP contribution in [0.15, 0.2) is 42.5 Å². The van der Waals surface area contributed by atoms with E-state index in [4.69, 9.17) is 9.47 Å². The van der Waals surface area contributed by atoms with E-state index in [0.29, 0.717) is 23.5 Å². The van der Waals surface area contributed by atoms with E-state index >= 15 is 0 Å². The van der Waals surface area contributed by atoms with E-state index in [2.05, 4.69) is 5.32 Å².